The van der Waals surface area contributed by atoms with E-state index in [2.05, 4.69) is 40.1 Å². The molecule has 0 amide bonds. The van der Waals surface area contributed by atoms with Crippen molar-refractivity contribution in [1.82, 2.24) is 4.90 Å². The van der Waals surface area contributed by atoms with Gasteiger partial charge in [-0.2, -0.15) is 0 Å². The van der Waals surface area contributed by atoms with Crippen molar-refractivity contribution in [2.75, 3.05) is 51.3 Å². The van der Waals surface area contributed by atoms with Crippen LogP contribution >= 0.6 is 0 Å². The number of rotatable bonds is 4. The molecule has 21 heavy (non-hydrogen) atoms. The summed E-state index contributed by atoms with van der Waals surface area (Å²) in [4.78, 5) is 4.91. The molecular weight excluding hydrogens is 262 g/mol. The van der Waals surface area contributed by atoms with Crippen LogP contribution in [0.1, 0.15) is 0 Å². The maximum atomic E-state index is 5.64. The third kappa shape index (κ3) is 2.96. The third-order valence-corrected chi connectivity index (χ3v) is 4.22. The van der Waals surface area contributed by atoms with Gasteiger partial charge in [-0.1, -0.05) is 12.1 Å². The summed E-state index contributed by atoms with van der Waals surface area (Å²) < 4.78 is 5.32. The van der Waals surface area contributed by atoms with Gasteiger partial charge in [-0.05, 0) is 29.7 Å². The van der Waals surface area contributed by atoms with Crippen molar-refractivity contribution in [3.05, 3.63) is 36.4 Å². The average Bonchev–Trinajstić information content (AvgIpc) is 2.55. The number of benzene rings is 2. The van der Waals surface area contributed by atoms with Crippen LogP contribution in [0.3, 0.4) is 0 Å². The Bertz CT molecular complexity index is 606. The number of piperazine rings is 1. The second-order valence-corrected chi connectivity index (χ2v) is 5.48. The van der Waals surface area contributed by atoms with Crippen LogP contribution in [0.25, 0.3) is 10.8 Å². The maximum absolute atomic E-state index is 5.64. The van der Waals surface area contributed by atoms with Gasteiger partial charge in [0.25, 0.3) is 0 Å². The summed E-state index contributed by atoms with van der Waals surface area (Å²) in [5, 5.41) is 2.53. The van der Waals surface area contributed by atoms with Crippen molar-refractivity contribution < 1.29 is 4.74 Å². The van der Waals surface area contributed by atoms with Crippen molar-refractivity contribution in [3.8, 4) is 5.75 Å². The van der Waals surface area contributed by atoms with E-state index < -0.39 is 0 Å². The van der Waals surface area contributed by atoms with E-state index in [0.717, 1.165) is 45.0 Å². The minimum Gasteiger partial charge on any atom is -0.497 e. The van der Waals surface area contributed by atoms with Gasteiger partial charge in [-0.15, -0.1) is 0 Å². The minimum absolute atomic E-state index is 0.744. The van der Waals surface area contributed by atoms with E-state index >= 15 is 0 Å². The molecule has 2 N–H and O–H groups in total. The largest absolute Gasteiger partial charge is 0.497 e. The van der Waals surface area contributed by atoms with Crippen LogP contribution in [0.4, 0.5) is 5.69 Å². The minimum atomic E-state index is 0.744. The predicted octanol–water partition coefficient (Wildman–Crippen LogP) is 1.93. The van der Waals surface area contributed by atoms with Crippen LogP contribution in [0, 0.1) is 0 Å². The van der Waals surface area contributed by atoms with Gasteiger partial charge >= 0.3 is 0 Å². The molecule has 0 saturated carbocycles. The lowest BCUT2D eigenvalue weighted by molar-refractivity contribution is 0.265. The van der Waals surface area contributed by atoms with Gasteiger partial charge < -0.3 is 15.4 Å². The number of nitrogens with two attached hydrogens (primary N) is 1. The van der Waals surface area contributed by atoms with Crippen molar-refractivity contribution >= 4 is 16.5 Å². The molecule has 1 aliphatic heterocycles. The van der Waals surface area contributed by atoms with Gasteiger partial charge in [-0.3, -0.25) is 4.90 Å². The monoisotopic (exact) mass is 285 g/mol. The molecular formula is C17H23N3O. The molecule has 3 rings (SSSR count). The van der Waals surface area contributed by atoms with Gasteiger partial charge in [0, 0.05) is 50.3 Å². The molecule has 112 valence electrons. The Morgan fingerprint density at radius 2 is 1.90 bits per heavy atom. The van der Waals surface area contributed by atoms with E-state index in [-0.39, 0.29) is 0 Å². The van der Waals surface area contributed by atoms with E-state index in [1.807, 2.05) is 6.07 Å². The molecule has 4 heteroatoms. The summed E-state index contributed by atoms with van der Waals surface area (Å²) in [7, 11) is 1.71. The molecule has 2 aromatic rings. The van der Waals surface area contributed by atoms with Crippen molar-refractivity contribution in [3.63, 3.8) is 0 Å². The van der Waals surface area contributed by atoms with E-state index in [1.54, 1.807) is 7.11 Å². The van der Waals surface area contributed by atoms with Crippen molar-refractivity contribution in [1.29, 1.82) is 0 Å². The quantitative estimate of drug-likeness (QED) is 0.932. The second kappa shape index (κ2) is 6.33. The average molecular weight is 285 g/mol. The zero-order valence-electron chi connectivity index (χ0n) is 12.6. The van der Waals surface area contributed by atoms with Crippen molar-refractivity contribution in [2.45, 2.75) is 0 Å². The summed E-state index contributed by atoms with van der Waals surface area (Å²) in [6.45, 7) is 6.04. The number of fused-ring (bicyclic) bond motifs is 1. The number of ether oxygens (including phenoxy) is 1. The summed E-state index contributed by atoms with van der Waals surface area (Å²) in [5.41, 5.74) is 6.96. The van der Waals surface area contributed by atoms with Gasteiger partial charge in [-0.25, -0.2) is 0 Å². The van der Waals surface area contributed by atoms with E-state index in [4.69, 9.17) is 10.5 Å². The first kappa shape index (κ1) is 14.2. The van der Waals surface area contributed by atoms with Crippen LogP contribution in [0.2, 0.25) is 0 Å². The van der Waals surface area contributed by atoms with E-state index in [1.165, 1.54) is 16.5 Å². The Morgan fingerprint density at radius 3 is 2.62 bits per heavy atom. The smallest absolute Gasteiger partial charge is 0.119 e. The Hall–Kier alpha value is -1.78. The number of nitrogens with zero attached hydrogens (tertiary/aromatic N) is 2. The van der Waals surface area contributed by atoms with E-state index in [9.17, 15) is 0 Å². The molecule has 1 fully saturated rings. The summed E-state index contributed by atoms with van der Waals surface area (Å²) in [6, 6.07) is 12.8. The molecule has 0 atom stereocenters. The topological polar surface area (TPSA) is 41.7 Å². The van der Waals surface area contributed by atoms with Crippen LogP contribution in [0.15, 0.2) is 36.4 Å². The fourth-order valence-electron chi connectivity index (χ4n) is 3.04. The number of hydrogen-bond acceptors (Lipinski definition) is 4. The Morgan fingerprint density at radius 1 is 1.10 bits per heavy atom. The van der Waals surface area contributed by atoms with Crippen LogP contribution in [0.5, 0.6) is 5.75 Å². The molecule has 4 nitrogen and oxygen atoms in total. The van der Waals surface area contributed by atoms with Crippen molar-refractivity contribution in [2.24, 2.45) is 5.73 Å². The first-order valence-corrected chi connectivity index (χ1v) is 7.56. The fraction of sp³-hybridized carbons (Fsp3) is 0.412. The highest BCUT2D eigenvalue weighted by atomic mass is 16.5. The SMILES string of the molecule is COc1ccc2c(N3CCN(CCN)CC3)cccc2c1. The lowest BCUT2D eigenvalue weighted by Crippen LogP contribution is -2.47. The summed E-state index contributed by atoms with van der Waals surface area (Å²) >= 11 is 0. The lowest BCUT2D eigenvalue weighted by Gasteiger charge is -2.36. The Labute approximate surface area is 126 Å². The normalized spacial score (nSPS) is 16.4. The molecule has 1 saturated heterocycles. The second-order valence-electron chi connectivity index (χ2n) is 5.48. The molecule has 1 heterocycles. The van der Waals surface area contributed by atoms with Crippen LogP contribution < -0.4 is 15.4 Å². The van der Waals surface area contributed by atoms with Gasteiger partial charge in [0.1, 0.15) is 5.75 Å². The zero-order valence-corrected chi connectivity index (χ0v) is 12.6. The van der Waals surface area contributed by atoms with Gasteiger partial charge in [0.2, 0.25) is 0 Å². The van der Waals surface area contributed by atoms with Crippen LogP contribution in [-0.4, -0.2) is 51.3 Å². The van der Waals surface area contributed by atoms with Crippen LogP contribution in [-0.2, 0) is 0 Å². The van der Waals surface area contributed by atoms with Gasteiger partial charge in [0.05, 0.1) is 7.11 Å². The highest BCUT2D eigenvalue weighted by Gasteiger charge is 2.17. The highest BCUT2D eigenvalue weighted by Crippen LogP contribution is 2.30. The zero-order chi connectivity index (χ0) is 14.7. The lowest BCUT2D eigenvalue weighted by atomic mass is 10.1. The number of anilines is 1. The third-order valence-electron chi connectivity index (χ3n) is 4.22. The Balaban J connectivity index is 1.84. The summed E-state index contributed by atoms with van der Waals surface area (Å²) in [5.74, 6) is 0.910. The van der Waals surface area contributed by atoms with E-state index in [0.29, 0.717) is 0 Å². The standard InChI is InChI=1S/C17H23N3O/c1-21-15-5-6-16-14(13-15)3-2-4-17(16)20-11-9-19(8-7-18)10-12-20/h2-6,13H,7-12,18H2,1H3. The molecule has 0 aliphatic carbocycles. The summed E-state index contributed by atoms with van der Waals surface area (Å²) in [6.07, 6.45) is 0. The molecule has 0 spiro atoms. The fourth-order valence-corrected chi connectivity index (χ4v) is 3.04. The molecule has 0 radical (unpaired) electrons. The molecule has 1 aliphatic rings. The first-order valence-electron chi connectivity index (χ1n) is 7.56. The molecule has 0 aromatic heterocycles. The van der Waals surface area contributed by atoms with Gasteiger partial charge in [0.15, 0.2) is 0 Å². The highest BCUT2D eigenvalue weighted by molar-refractivity contribution is 5.95. The first-order chi connectivity index (χ1) is 10.3. The molecule has 0 bridgehead atoms. The maximum Gasteiger partial charge on any atom is 0.119 e. The molecule has 2 aromatic carbocycles. The molecule has 0 unspecified atom stereocenters. The number of hydrogen-bond donors (Lipinski definition) is 1. The predicted molar refractivity (Wildman–Crippen MR) is 88.2 cm³/mol. The Kier molecular flexibility index (Phi) is 4.27. The number of methoxy groups -OCH3 is 1.